The molecule has 1 saturated heterocycles. The predicted octanol–water partition coefficient (Wildman–Crippen LogP) is 0.980. The average molecular weight is 336 g/mol. The van der Waals surface area contributed by atoms with Gasteiger partial charge in [0.15, 0.2) is 12.4 Å². The molecule has 6 nitrogen and oxygen atoms in total. The molecule has 2 heterocycles. The summed E-state index contributed by atoms with van der Waals surface area (Å²) in [4.78, 5) is 15.6. The number of carbonyl (C=O) groups excluding carboxylic acids is 1. The summed E-state index contributed by atoms with van der Waals surface area (Å²) in [6, 6.07) is 9.60. The topological polar surface area (TPSA) is 62.8 Å². The summed E-state index contributed by atoms with van der Waals surface area (Å²) in [5.41, 5.74) is 1.18. The first-order chi connectivity index (χ1) is 11.1. The Morgan fingerprint density at radius 1 is 1.35 bits per heavy atom. The van der Waals surface area contributed by atoms with Crippen LogP contribution in [0, 0.1) is 6.92 Å². The predicted molar refractivity (Wildman–Crippen MR) is 89.1 cm³/mol. The molecule has 0 unspecified atom stereocenters. The molecule has 1 aliphatic heterocycles. The van der Waals surface area contributed by atoms with Gasteiger partial charge in [-0.25, -0.2) is 0 Å². The lowest BCUT2D eigenvalue weighted by Gasteiger charge is -2.33. The number of hydrogen-bond acceptors (Lipinski definition) is 4. The largest absolute Gasteiger partial charge is 0.360 e. The highest BCUT2D eigenvalue weighted by Gasteiger charge is 2.22. The maximum atomic E-state index is 12.0. The zero-order valence-corrected chi connectivity index (χ0v) is 13.8. The van der Waals surface area contributed by atoms with Crippen molar-refractivity contribution < 1.29 is 14.2 Å². The number of nitrogens with one attached hydrogen (secondary N) is 2. The highest BCUT2D eigenvalue weighted by atomic mass is 35.5. The van der Waals surface area contributed by atoms with Gasteiger partial charge in [-0.15, -0.1) is 0 Å². The molecule has 23 heavy (non-hydrogen) atoms. The number of aromatic nitrogens is 1. The lowest BCUT2D eigenvalue weighted by Crippen LogP contribution is -3.15. The maximum absolute atomic E-state index is 12.0. The van der Waals surface area contributed by atoms with Crippen LogP contribution < -0.4 is 15.1 Å². The van der Waals surface area contributed by atoms with Gasteiger partial charge in [0.2, 0.25) is 0 Å². The summed E-state index contributed by atoms with van der Waals surface area (Å²) >= 11 is 5.92. The molecule has 1 aromatic carbocycles. The van der Waals surface area contributed by atoms with Crippen LogP contribution in [0.25, 0.3) is 0 Å². The number of piperazine rings is 1. The molecule has 3 rings (SSSR count). The molecular formula is C16H20ClN4O2+. The van der Waals surface area contributed by atoms with E-state index in [1.165, 1.54) is 10.6 Å². The number of hydrogen-bond donors (Lipinski definition) is 2. The Morgan fingerprint density at radius 2 is 2.04 bits per heavy atom. The highest BCUT2D eigenvalue weighted by molar-refractivity contribution is 6.30. The molecule has 0 spiro atoms. The molecule has 0 aliphatic carbocycles. The van der Waals surface area contributed by atoms with Gasteiger partial charge in [-0.2, -0.15) is 0 Å². The maximum Gasteiger partial charge on any atom is 0.280 e. The summed E-state index contributed by atoms with van der Waals surface area (Å²) in [6.07, 6.45) is 0. The van der Waals surface area contributed by atoms with Gasteiger partial charge in [0.25, 0.3) is 5.91 Å². The Balaban J connectivity index is 1.47. The van der Waals surface area contributed by atoms with Crippen molar-refractivity contribution in [2.24, 2.45) is 0 Å². The second kappa shape index (κ2) is 7.02. The van der Waals surface area contributed by atoms with E-state index in [4.69, 9.17) is 16.1 Å². The summed E-state index contributed by atoms with van der Waals surface area (Å²) < 4.78 is 4.94. The molecule has 1 aromatic heterocycles. The van der Waals surface area contributed by atoms with Gasteiger partial charge in [0.1, 0.15) is 5.76 Å². The summed E-state index contributed by atoms with van der Waals surface area (Å²) in [7, 11) is 0. The Kier molecular flexibility index (Phi) is 4.83. The second-order valence-electron chi connectivity index (χ2n) is 5.76. The van der Waals surface area contributed by atoms with E-state index >= 15 is 0 Å². The lowest BCUT2D eigenvalue weighted by molar-refractivity contribution is -0.892. The summed E-state index contributed by atoms with van der Waals surface area (Å²) in [5.74, 6) is 1.13. The number of halogens is 1. The molecule has 122 valence electrons. The van der Waals surface area contributed by atoms with E-state index in [0.29, 0.717) is 18.1 Å². The van der Waals surface area contributed by atoms with E-state index in [0.717, 1.165) is 31.2 Å². The second-order valence-corrected chi connectivity index (χ2v) is 6.20. The quantitative estimate of drug-likeness (QED) is 0.874. The minimum Gasteiger partial charge on any atom is -0.360 e. The lowest BCUT2D eigenvalue weighted by atomic mass is 10.2. The Morgan fingerprint density at radius 3 is 2.65 bits per heavy atom. The van der Waals surface area contributed by atoms with Gasteiger partial charge < -0.3 is 19.6 Å². The van der Waals surface area contributed by atoms with Crippen molar-refractivity contribution >= 4 is 29.0 Å². The Hall–Kier alpha value is -2.05. The number of anilines is 2. The molecular weight excluding hydrogens is 316 g/mol. The Bertz CT molecular complexity index is 663. The molecule has 2 aromatic rings. The normalized spacial score (nSPS) is 15.7. The number of rotatable bonds is 4. The van der Waals surface area contributed by atoms with Crippen molar-refractivity contribution in [3.8, 4) is 0 Å². The first-order valence-electron chi connectivity index (χ1n) is 7.67. The van der Waals surface area contributed by atoms with E-state index in [1.807, 2.05) is 24.3 Å². The number of quaternary nitrogens is 1. The summed E-state index contributed by atoms with van der Waals surface area (Å²) in [5, 5.41) is 7.29. The van der Waals surface area contributed by atoms with Crippen molar-refractivity contribution in [1.29, 1.82) is 0 Å². The van der Waals surface area contributed by atoms with Crippen molar-refractivity contribution in [3.05, 3.63) is 41.1 Å². The monoisotopic (exact) mass is 335 g/mol. The fraction of sp³-hybridized carbons (Fsp3) is 0.375. The van der Waals surface area contributed by atoms with E-state index in [9.17, 15) is 4.79 Å². The third-order valence-corrected chi connectivity index (χ3v) is 4.22. The number of nitrogens with zero attached hydrogens (tertiary/aromatic N) is 2. The number of amides is 1. The van der Waals surface area contributed by atoms with Gasteiger partial charge in [0.05, 0.1) is 26.2 Å². The molecule has 1 aliphatic rings. The number of benzene rings is 1. The molecule has 0 bridgehead atoms. The standard InChI is InChI=1S/C16H19ClN4O2/c1-12-10-15(19-23-12)18-16(22)11-20-6-8-21(9-7-20)14-4-2-13(17)3-5-14/h2-5,10H,6-9,11H2,1H3,(H,18,19,22)/p+1. The van der Waals surface area contributed by atoms with E-state index in [1.54, 1.807) is 13.0 Å². The van der Waals surface area contributed by atoms with Gasteiger partial charge in [0, 0.05) is 16.8 Å². The molecule has 0 atom stereocenters. The summed E-state index contributed by atoms with van der Waals surface area (Å²) in [6.45, 7) is 5.94. The zero-order valence-electron chi connectivity index (χ0n) is 13.0. The van der Waals surface area contributed by atoms with Gasteiger partial charge in [-0.05, 0) is 31.2 Å². The molecule has 7 heteroatoms. The fourth-order valence-electron chi connectivity index (χ4n) is 2.75. The van der Waals surface area contributed by atoms with Crippen LogP contribution in [0.3, 0.4) is 0 Å². The zero-order chi connectivity index (χ0) is 16.2. The number of carbonyl (C=O) groups is 1. The number of aryl methyl sites for hydroxylation is 1. The molecule has 0 saturated carbocycles. The van der Waals surface area contributed by atoms with Crippen LogP contribution in [0.1, 0.15) is 5.76 Å². The van der Waals surface area contributed by atoms with Gasteiger partial charge >= 0.3 is 0 Å². The molecule has 1 fully saturated rings. The van der Waals surface area contributed by atoms with Crippen molar-refractivity contribution in [1.82, 2.24) is 5.16 Å². The minimum absolute atomic E-state index is 0.0340. The third-order valence-electron chi connectivity index (χ3n) is 3.97. The smallest absolute Gasteiger partial charge is 0.280 e. The van der Waals surface area contributed by atoms with Crippen molar-refractivity contribution in [2.45, 2.75) is 6.92 Å². The van der Waals surface area contributed by atoms with Crippen LogP contribution in [0.4, 0.5) is 11.5 Å². The first kappa shape index (κ1) is 15.8. The Labute approximate surface area is 140 Å². The van der Waals surface area contributed by atoms with Crippen LogP contribution >= 0.6 is 11.6 Å². The average Bonchev–Trinajstić information content (AvgIpc) is 2.94. The SMILES string of the molecule is Cc1cc(NC(=O)C[NH+]2CCN(c3ccc(Cl)cc3)CC2)no1. The van der Waals surface area contributed by atoms with Crippen molar-refractivity contribution in [3.63, 3.8) is 0 Å². The molecule has 1 amide bonds. The van der Waals surface area contributed by atoms with Gasteiger partial charge in [-0.3, -0.25) is 4.79 Å². The van der Waals surface area contributed by atoms with Crippen LogP contribution in [0.15, 0.2) is 34.9 Å². The first-order valence-corrected chi connectivity index (χ1v) is 8.05. The minimum atomic E-state index is -0.0340. The van der Waals surface area contributed by atoms with E-state index in [-0.39, 0.29) is 5.91 Å². The van der Waals surface area contributed by atoms with Gasteiger partial charge in [-0.1, -0.05) is 16.8 Å². The van der Waals surface area contributed by atoms with Crippen LogP contribution in [0.5, 0.6) is 0 Å². The van der Waals surface area contributed by atoms with Crippen LogP contribution in [-0.2, 0) is 4.79 Å². The molecule has 2 N–H and O–H groups in total. The fourth-order valence-corrected chi connectivity index (χ4v) is 2.88. The highest BCUT2D eigenvalue weighted by Crippen LogP contribution is 2.17. The van der Waals surface area contributed by atoms with Crippen LogP contribution in [-0.4, -0.2) is 43.8 Å². The van der Waals surface area contributed by atoms with Crippen molar-refractivity contribution in [2.75, 3.05) is 42.9 Å². The van der Waals surface area contributed by atoms with E-state index < -0.39 is 0 Å². The van der Waals surface area contributed by atoms with E-state index in [2.05, 4.69) is 15.4 Å². The third kappa shape index (κ3) is 4.24. The van der Waals surface area contributed by atoms with Crippen LogP contribution in [0.2, 0.25) is 5.02 Å². The molecule has 0 radical (unpaired) electrons.